The van der Waals surface area contributed by atoms with Crippen molar-refractivity contribution in [2.45, 2.75) is 36.9 Å². The fraction of sp³-hybridized carbons (Fsp3) is 0.409. The van der Waals surface area contributed by atoms with Crippen molar-refractivity contribution >= 4 is 17.7 Å². The Balaban J connectivity index is 1.37. The second kappa shape index (κ2) is 8.15. The van der Waals surface area contributed by atoms with Crippen LogP contribution < -0.4 is 0 Å². The van der Waals surface area contributed by atoms with Crippen molar-refractivity contribution in [3.05, 3.63) is 65.7 Å². The first kappa shape index (κ1) is 18.7. The molecule has 0 aliphatic carbocycles. The third-order valence-corrected chi connectivity index (χ3v) is 6.70. The quantitative estimate of drug-likeness (QED) is 0.571. The number of piperidine rings is 1. The maximum Gasteiger partial charge on any atom is 0.159 e. The van der Waals surface area contributed by atoms with Gasteiger partial charge in [-0.15, -0.1) is 0 Å². The van der Waals surface area contributed by atoms with Gasteiger partial charge in [-0.25, -0.2) is 4.31 Å². The zero-order valence-electron chi connectivity index (χ0n) is 15.8. The molecule has 2 saturated heterocycles. The Bertz CT molecular complexity index is 771. The van der Waals surface area contributed by atoms with Crippen LogP contribution >= 0.6 is 11.9 Å². The van der Waals surface area contributed by atoms with Crippen LogP contribution in [0.15, 0.2) is 59.5 Å². The molecule has 2 heterocycles. The summed E-state index contributed by atoms with van der Waals surface area (Å²) in [5.74, 6) is 0.110. The summed E-state index contributed by atoms with van der Waals surface area (Å²) >= 11 is 1.76. The van der Waals surface area contributed by atoms with E-state index in [-0.39, 0.29) is 11.5 Å². The Kier molecular flexibility index (Phi) is 5.64. The molecule has 0 amide bonds. The summed E-state index contributed by atoms with van der Waals surface area (Å²) in [6.07, 6.45) is 2.05. The summed E-state index contributed by atoms with van der Waals surface area (Å²) < 4.78 is 8.66. The lowest BCUT2D eigenvalue weighted by molar-refractivity contribution is -0.0888. The van der Waals surface area contributed by atoms with Crippen LogP contribution in [0, 0.1) is 0 Å². The molecule has 2 aliphatic heterocycles. The zero-order chi connectivity index (χ0) is 18.7. The maximum absolute atomic E-state index is 11.5. The summed E-state index contributed by atoms with van der Waals surface area (Å²) in [4.78, 5) is 15.1. The Hall–Kier alpha value is -1.66. The van der Waals surface area contributed by atoms with E-state index in [1.165, 1.54) is 5.56 Å². The van der Waals surface area contributed by atoms with Crippen LogP contribution in [0.4, 0.5) is 0 Å². The molecule has 0 N–H and O–H groups in total. The van der Waals surface area contributed by atoms with Gasteiger partial charge >= 0.3 is 0 Å². The molecule has 142 valence electrons. The highest BCUT2D eigenvalue weighted by Gasteiger charge is 2.45. The molecule has 0 radical (unpaired) electrons. The fourth-order valence-corrected chi connectivity index (χ4v) is 4.98. The van der Waals surface area contributed by atoms with Gasteiger partial charge in [-0.05, 0) is 36.6 Å². The van der Waals surface area contributed by atoms with Crippen molar-refractivity contribution in [2.75, 3.05) is 26.2 Å². The minimum absolute atomic E-state index is 0.110. The predicted molar refractivity (Wildman–Crippen MR) is 109 cm³/mol. The number of ketones is 1. The molecule has 2 aromatic carbocycles. The number of likely N-dealkylation sites (tertiary alicyclic amines) is 1. The summed E-state index contributed by atoms with van der Waals surface area (Å²) in [5.41, 5.74) is 1.98. The number of carbonyl (C=O) groups is 1. The van der Waals surface area contributed by atoms with Gasteiger partial charge in [0.25, 0.3) is 0 Å². The molecule has 1 spiro atoms. The maximum atomic E-state index is 11.5. The van der Waals surface area contributed by atoms with Crippen molar-refractivity contribution in [3.63, 3.8) is 0 Å². The zero-order valence-corrected chi connectivity index (χ0v) is 16.6. The lowest BCUT2D eigenvalue weighted by Crippen LogP contribution is -2.50. The molecule has 2 fully saturated rings. The average Bonchev–Trinajstić information content (AvgIpc) is 3.07. The van der Waals surface area contributed by atoms with Gasteiger partial charge in [0.1, 0.15) is 5.72 Å². The van der Waals surface area contributed by atoms with Gasteiger partial charge in [0.05, 0.1) is 6.61 Å². The van der Waals surface area contributed by atoms with Gasteiger partial charge in [-0.1, -0.05) is 42.5 Å². The largest absolute Gasteiger partial charge is 0.358 e. The number of hydrogen-bond donors (Lipinski definition) is 0. The Labute approximate surface area is 165 Å². The van der Waals surface area contributed by atoms with E-state index < -0.39 is 0 Å². The molecule has 0 atom stereocenters. The summed E-state index contributed by atoms with van der Waals surface area (Å²) in [7, 11) is 0. The molecule has 4 rings (SSSR count). The molecule has 2 aromatic rings. The lowest BCUT2D eigenvalue weighted by atomic mass is 10.00. The average molecular weight is 383 g/mol. The van der Waals surface area contributed by atoms with Gasteiger partial charge in [0, 0.05) is 49.5 Å². The molecule has 0 aromatic heterocycles. The molecule has 0 unspecified atom stereocenters. The van der Waals surface area contributed by atoms with E-state index in [1.807, 2.05) is 24.3 Å². The van der Waals surface area contributed by atoms with Gasteiger partial charge in [-0.2, -0.15) is 0 Å². The molecule has 0 bridgehead atoms. The van der Waals surface area contributed by atoms with Crippen LogP contribution in [0.3, 0.4) is 0 Å². The highest BCUT2D eigenvalue weighted by molar-refractivity contribution is 7.97. The smallest absolute Gasteiger partial charge is 0.159 e. The Morgan fingerprint density at radius 2 is 1.74 bits per heavy atom. The van der Waals surface area contributed by atoms with Crippen molar-refractivity contribution in [2.24, 2.45) is 0 Å². The monoisotopic (exact) mass is 382 g/mol. The first-order valence-electron chi connectivity index (χ1n) is 9.61. The van der Waals surface area contributed by atoms with Gasteiger partial charge in [0.15, 0.2) is 5.78 Å². The molecule has 5 heteroatoms. The van der Waals surface area contributed by atoms with Gasteiger partial charge in [0.2, 0.25) is 0 Å². The van der Waals surface area contributed by atoms with E-state index >= 15 is 0 Å². The number of benzene rings is 2. The van der Waals surface area contributed by atoms with Crippen LogP contribution in [0.1, 0.15) is 35.7 Å². The summed E-state index contributed by atoms with van der Waals surface area (Å²) in [5, 5.41) is 0. The molecular formula is C22H26N2O2S. The van der Waals surface area contributed by atoms with Crippen LogP contribution in [-0.4, -0.2) is 47.0 Å². The number of hydrogen-bond acceptors (Lipinski definition) is 5. The highest BCUT2D eigenvalue weighted by Crippen LogP contribution is 2.41. The Morgan fingerprint density at radius 1 is 1.04 bits per heavy atom. The van der Waals surface area contributed by atoms with Gasteiger partial charge in [-0.3, -0.25) is 9.69 Å². The highest BCUT2D eigenvalue weighted by atomic mass is 32.2. The number of nitrogens with zero attached hydrogens (tertiary/aromatic N) is 2. The standard InChI is InChI=1S/C22H26N2O2S/c1-18(25)20-7-9-21(10-8-20)27-24-15-16-26-22(24)11-13-23(14-12-22)17-19-5-3-2-4-6-19/h2-10H,11-17H2,1H3. The topological polar surface area (TPSA) is 32.8 Å². The van der Waals surface area contributed by atoms with Crippen molar-refractivity contribution in [1.29, 1.82) is 0 Å². The fourth-order valence-electron chi connectivity index (χ4n) is 3.90. The van der Waals surface area contributed by atoms with Crippen molar-refractivity contribution < 1.29 is 9.53 Å². The lowest BCUT2D eigenvalue weighted by Gasteiger charge is -2.43. The van der Waals surface area contributed by atoms with Crippen LogP contribution in [0.5, 0.6) is 0 Å². The molecule has 0 saturated carbocycles. The second-order valence-electron chi connectivity index (χ2n) is 7.33. The minimum Gasteiger partial charge on any atom is -0.358 e. The SMILES string of the molecule is CC(=O)c1ccc(SN2CCOC23CCN(Cc2ccccc2)CC3)cc1. The van der Waals surface area contributed by atoms with Crippen molar-refractivity contribution in [3.8, 4) is 0 Å². The third kappa shape index (κ3) is 4.27. The van der Waals surface area contributed by atoms with Gasteiger partial charge < -0.3 is 4.74 Å². The molecule has 2 aliphatic rings. The number of Topliss-reactive ketones (excluding diaryl/α,β-unsaturated/α-hetero) is 1. The van der Waals surface area contributed by atoms with Crippen LogP contribution in [0.2, 0.25) is 0 Å². The van der Waals surface area contributed by atoms with E-state index in [0.29, 0.717) is 0 Å². The number of rotatable bonds is 5. The van der Waals surface area contributed by atoms with E-state index in [9.17, 15) is 4.79 Å². The molecule has 27 heavy (non-hydrogen) atoms. The minimum atomic E-state index is -0.156. The first-order chi connectivity index (χ1) is 13.1. The normalized spacial score (nSPS) is 20.2. The first-order valence-corrected chi connectivity index (χ1v) is 10.4. The Morgan fingerprint density at radius 3 is 2.41 bits per heavy atom. The third-order valence-electron chi connectivity index (χ3n) is 5.48. The van der Waals surface area contributed by atoms with Crippen LogP contribution in [0.25, 0.3) is 0 Å². The summed E-state index contributed by atoms with van der Waals surface area (Å²) in [6, 6.07) is 18.6. The van der Waals surface area contributed by atoms with E-state index in [0.717, 1.165) is 56.1 Å². The van der Waals surface area contributed by atoms with E-state index in [4.69, 9.17) is 4.74 Å². The molecule has 4 nitrogen and oxygen atoms in total. The molecular weight excluding hydrogens is 356 g/mol. The van der Waals surface area contributed by atoms with Crippen molar-refractivity contribution in [1.82, 2.24) is 9.21 Å². The number of carbonyl (C=O) groups excluding carboxylic acids is 1. The predicted octanol–water partition coefficient (Wildman–Crippen LogP) is 4.22. The summed E-state index contributed by atoms with van der Waals surface area (Å²) in [6.45, 7) is 6.45. The van der Waals surface area contributed by atoms with E-state index in [2.05, 4.69) is 39.5 Å². The second-order valence-corrected chi connectivity index (χ2v) is 8.43. The number of ether oxygens (including phenoxy) is 1. The van der Waals surface area contributed by atoms with E-state index in [1.54, 1.807) is 18.9 Å². The van der Waals surface area contributed by atoms with Crippen LogP contribution in [-0.2, 0) is 11.3 Å².